The first-order valence-electron chi connectivity index (χ1n) is 10.0. The van der Waals surface area contributed by atoms with Gasteiger partial charge in [0, 0.05) is 20.0 Å². The Morgan fingerprint density at radius 2 is 1.48 bits per heavy atom. The summed E-state index contributed by atoms with van der Waals surface area (Å²) in [5, 5.41) is 3.12. The highest BCUT2D eigenvalue weighted by Crippen LogP contribution is 2.23. The number of benzene rings is 3. The van der Waals surface area contributed by atoms with Crippen LogP contribution in [0.25, 0.3) is 0 Å². The van der Waals surface area contributed by atoms with E-state index in [9.17, 15) is 9.59 Å². The fraction of sp³-hybridized carbons (Fsp3) is 0.200. The second-order valence-corrected chi connectivity index (χ2v) is 7.45. The Hall–Kier alpha value is -3.31. The number of nitrogens with zero attached hydrogens (tertiary/aromatic N) is 1. The van der Waals surface area contributed by atoms with Gasteiger partial charge in [-0.25, -0.2) is 0 Å². The number of nitrogens with one attached hydrogen (secondary N) is 1. The SMILES string of the molecule is CNC(=O)C(Cc1ccccc1)N(Cc1ccccc1)C(=O)COc1ccccc1Cl. The predicted molar refractivity (Wildman–Crippen MR) is 122 cm³/mol. The zero-order chi connectivity index (χ0) is 22.1. The molecule has 31 heavy (non-hydrogen) atoms. The number of para-hydroxylation sites is 1. The number of amides is 2. The summed E-state index contributed by atoms with van der Waals surface area (Å²) in [6.45, 7) is 0.0648. The van der Waals surface area contributed by atoms with E-state index in [1.807, 2.05) is 60.7 Å². The number of hydrogen-bond acceptors (Lipinski definition) is 3. The average molecular weight is 437 g/mol. The van der Waals surface area contributed by atoms with E-state index in [4.69, 9.17) is 16.3 Å². The zero-order valence-corrected chi connectivity index (χ0v) is 18.1. The Morgan fingerprint density at radius 1 is 0.903 bits per heavy atom. The van der Waals surface area contributed by atoms with Crippen molar-refractivity contribution in [3.05, 3.63) is 101 Å². The molecule has 1 atom stereocenters. The second kappa shape index (κ2) is 11.2. The van der Waals surface area contributed by atoms with Crippen LogP contribution in [0.1, 0.15) is 11.1 Å². The number of rotatable bonds is 9. The first-order valence-corrected chi connectivity index (χ1v) is 10.4. The van der Waals surface area contributed by atoms with Crippen molar-refractivity contribution in [1.82, 2.24) is 10.2 Å². The van der Waals surface area contributed by atoms with Gasteiger partial charge in [0.2, 0.25) is 5.91 Å². The lowest BCUT2D eigenvalue weighted by molar-refractivity contribution is -0.142. The summed E-state index contributed by atoms with van der Waals surface area (Å²) in [6.07, 6.45) is 0.394. The summed E-state index contributed by atoms with van der Waals surface area (Å²) in [6, 6.07) is 25.5. The van der Waals surface area contributed by atoms with Crippen LogP contribution in [0.2, 0.25) is 5.02 Å². The van der Waals surface area contributed by atoms with Crippen molar-refractivity contribution in [3.63, 3.8) is 0 Å². The smallest absolute Gasteiger partial charge is 0.261 e. The molecule has 2 amide bonds. The second-order valence-electron chi connectivity index (χ2n) is 7.05. The number of likely N-dealkylation sites (N-methyl/N-ethyl adjacent to an activating group) is 1. The van der Waals surface area contributed by atoms with Crippen LogP contribution in [-0.4, -0.2) is 36.4 Å². The topological polar surface area (TPSA) is 58.6 Å². The van der Waals surface area contributed by atoms with E-state index >= 15 is 0 Å². The van der Waals surface area contributed by atoms with E-state index < -0.39 is 6.04 Å². The van der Waals surface area contributed by atoms with E-state index in [0.717, 1.165) is 11.1 Å². The summed E-state index contributed by atoms with van der Waals surface area (Å²) in [7, 11) is 1.58. The first-order chi connectivity index (χ1) is 15.1. The Labute approximate surface area is 187 Å². The van der Waals surface area contributed by atoms with E-state index in [-0.39, 0.29) is 25.0 Å². The molecule has 0 saturated heterocycles. The fourth-order valence-corrected chi connectivity index (χ4v) is 3.48. The van der Waals surface area contributed by atoms with Crippen LogP contribution >= 0.6 is 11.6 Å². The number of hydrogen-bond donors (Lipinski definition) is 1. The van der Waals surface area contributed by atoms with Gasteiger partial charge in [-0.2, -0.15) is 0 Å². The van der Waals surface area contributed by atoms with Crippen molar-refractivity contribution in [2.45, 2.75) is 19.0 Å². The van der Waals surface area contributed by atoms with Gasteiger partial charge in [-0.1, -0.05) is 84.4 Å². The molecule has 160 valence electrons. The highest BCUT2D eigenvalue weighted by molar-refractivity contribution is 6.32. The lowest BCUT2D eigenvalue weighted by atomic mass is 10.0. The largest absolute Gasteiger partial charge is 0.482 e. The fourth-order valence-electron chi connectivity index (χ4n) is 3.28. The average Bonchev–Trinajstić information content (AvgIpc) is 2.81. The Bertz CT molecular complexity index is 996. The molecule has 0 aromatic heterocycles. The van der Waals surface area contributed by atoms with Crippen LogP contribution in [0.5, 0.6) is 5.75 Å². The maximum absolute atomic E-state index is 13.3. The summed E-state index contributed by atoms with van der Waals surface area (Å²) >= 11 is 6.15. The van der Waals surface area contributed by atoms with Crippen molar-refractivity contribution in [2.24, 2.45) is 0 Å². The molecule has 0 spiro atoms. The normalized spacial score (nSPS) is 11.4. The van der Waals surface area contributed by atoms with E-state index in [2.05, 4.69) is 5.32 Å². The number of halogens is 1. The molecule has 0 aliphatic rings. The Kier molecular flexibility index (Phi) is 8.07. The zero-order valence-electron chi connectivity index (χ0n) is 17.3. The summed E-state index contributed by atoms with van der Waals surface area (Å²) < 4.78 is 5.68. The molecule has 0 aliphatic heterocycles. The summed E-state index contributed by atoms with van der Waals surface area (Å²) in [5.41, 5.74) is 1.89. The molecule has 0 bridgehead atoms. The standard InChI is InChI=1S/C25H25ClN2O3/c1-27-25(30)22(16-19-10-4-2-5-11-19)28(17-20-12-6-3-7-13-20)24(29)18-31-23-15-9-8-14-21(23)26/h2-15,22H,16-18H2,1H3,(H,27,30). The minimum atomic E-state index is -0.685. The molecule has 6 heteroatoms. The molecule has 0 saturated carbocycles. The van der Waals surface area contributed by atoms with Crippen LogP contribution in [0.4, 0.5) is 0 Å². The van der Waals surface area contributed by atoms with Crippen molar-refractivity contribution < 1.29 is 14.3 Å². The summed E-state index contributed by atoms with van der Waals surface area (Å²) in [4.78, 5) is 27.6. The first kappa shape index (κ1) is 22.4. The van der Waals surface area contributed by atoms with Gasteiger partial charge in [0.05, 0.1) is 5.02 Å². The van der Waals surface area contributed by atoms with Gasteiger partial charge in [0.15, 0.2) is 6.61 Å². The van der Waals surface area contributed by atoms with Crippen LogP contribution in [-0.2, 0) is 22.6 Å². The number of carbonyl (C=O) groups excluding carboxylic acids is 2. The molecule has 1 N–H and O–H groups in total. The maximum atomic E-state index is 13.3. The van der Waals surface area contributed by atoms with Crippen molar-refractivity contribution >= 4 is 23.4 Å². The molecular weight excluding hydrogens is 412 g/mol. The van der Waals surface area contributed by atoms with Crippen LogP contribution in [0.15, 0.2) is 84.9 Å². The molecule has 1 unspecified atom stereocenters. The highest BCUT2D eigenvalue weighted by atomic mass is 35.5. The molecular formula is C25H25ClN2O3. The van der Waals surface area contributed by atoms with Gasteiger partial charge in [-0.15, -0.1) is 0 Å². The molecule has 3 aromatic rings. The molecule has 5 nitrogen and oxygen atoms in total. The third-order valence-electron chi connectivity index (χ3n) is 4.90. The van der Waals surface area contributed by atoms with E-state index in [1.165, 1.54) is 0 Å². The minimum Gasteiger partial charge on any atom is -0.482 e. The van der Waals surface area contributed by atoms with Gasteiger partial charge >= 0.3 is 0 Å². The van der Waals surface area contributed by atoms with Crippen molar-refractivity contribution in [2.75, 3.05) is 13.7 Å². The lowest BCUT2D eigenvalue weighted by Crippen LogP contribution is -2.51. The minimum absolute atomic E-state index is 0.223. The van der Waals surface area contributed by atoms with Crippen molar-refractivity contribution in [1.29, 1.82) is 0 Å². The van der Waals surface area contributed by atoms with Crippen molar-refractivity contribution in [3.8, 4) is 5.75 Å². The third kappa shape index (κ3) is 6.33. The third-order valence-corrected chi connectivity index (χ3v) is 5.21. The molecule has 0 radical (unpaired) electrons. The Morgan fingerprint density at radius 3 is 2.10 bits per heavy atom. The number of ether oxygens (including phenoxy) is 1. The maximum Gasteiger partial charge on any atom is 0.261 e. The molecule has 0 fully saturated rings. The Balaban J connectivity index is 1.86. The quantitative estimate of drug-likeness (QED) is 0.549. The lowest BCUT2D eigenvalue weighted by Gasteiger charge is -2.31. The van der Waals surface area contributed by atoms with E-state index in [0.29, 0.717) is 17.2 Å². The van der Waals surface area contributed by atoms with Crippen LogP contribution < -0.4 is 10.1 Å². The van der Waals surface area contributed by atoms with Gasteiger partial charge in [0.1, 0.15) is 11.8 Å². The van der Waals surface area contributed by atoms with Crippen LogP contribution in [0, 0.1) is 0 Å². The molecule has 0 aliphatic carbocycles. The van der Waals surface area contributed by atoms with Gasteiger partial charge in [-0.3, -0.25) is 9.59 Å². The van der Waals surface area contributed by atoms with Crippen LogP contribution in [0.3, 0.4) is 0 Å². The molecule has 0 heterocycles. The number of carbonyl (C=O) groups is 2. The van der Waals surface area contributed by atoms with Gasteiger partial charge in [-0.05, 0) is 23.3 Å². The monoisotopic (exact) mass is 436 g/mol. The molecule has 3 rings (SSSR count). The van der Waals surface area contributed by atoms with Gasteiger partial charge < -0.3 is 15.0 Å². The summed E-state index contributed by atoms with van der Waals surface area (Å²) in [5.74, 6) is -0.101. The molecule has 3 aromatic carbocycles. The predicted octanol–water partition coefficient (Wildman–Crippen LogP) is 4.10. The van der Waals surface area contributed by atoms with Gasteiger partial charge in [0.25, 0.3) is 5.91 Å². The highest BCUT2D eigenvalue weighted by Gasteiger charge is 2.30. The van der Waals surface area contributed by atoms with E-state index in [1.54, 1.807) is 36.2 Å².